The van der Waals surface area contributed by atoms with E-state index >= 15 is 0 Å². The second kappa shape index (κ2) is 7.98. The second-order valence-corrected chi connectivity index (χ2v) is 7.05. The van der Waals surface area contributed by atoms with E-state index in [-0.39, 0.29) is 16.8 Å². The smallest absolute Gasteiger partial charge is 0.266 e. The third-order valence-electron chi connectivity index (χ3n) is 4.77. The van der Waals surface area contributed by atoms with Gasteiger partial charge in [-0.1, -0.05) is 29.8 Å². The van der Waals surface area contributed by atoms with Gasteiger partial charge in [-0.15, -0.1) is 0 Å². The lowest BCUT2D eigenvalue weighted by molar-refractivity contribution is -0.120. The molecule has 1 fully saturated rings. The van der Waals surface area contributed by atoms with Gasteiger partial charge in [-0.2, -0.15) is 4.98 Å². The molecular formula is C20H18ClFN4O2. The van der Waals surface area contributed by atoms with Crippen LogP contribution in [0.3, 0.4) is 0 Å². The Morgan fingerprint density at radius 1 is 1.18 bits per heavy atom. The van der Waals surface area contributed by atoms with Crippen molar-refractivity contribution in [2.24, 2.45) is 5.92 Å². The fourth-order valence-electron chi connectivity index (χ4n) is 3.20. The van der Waals surface area contributed by atoms with E-state index in [2.05, 4.69) is 15.5 Å². The molecule has 0 spiro atoms. The summed E-state index contributed by atoms with van der Waals surface area (Å²) in [5, 5.41) is 6.85. The van der Waals surface area contributed by atoms with Crippen LogP contribution < -0.4 is 10.2 Å². The van der Waals surface area contributed by atoms with Crippen molar-refractivity contribution in [2.75, 3.05) is 23.3 Å². The highest BCUT2D eigenvalue weighted by molar-refractivity contribution is 6.31. The highest BCUT2D eigenvalue weighted by Gasteiger charge is 2.27. The number of hydrogen-bond acceptors (Lipinski definition) is 5. The number of anilines is 2. The molecule has 0 radical (unpaired) electrons. The van der Waals surface area contributed by atoms with Crippen molar-refractivity contribution in [1.29, 1.82) is 0 Å². The van der Waals surface area contributed by atoms with Gasteiger partial charge in [0, 0.05) is 30.3 Å². The van der Waals surface area contributed by atoms with Crippen LogP contribution in [-0.2, 0) is 4.79 Å². The van der Waals surface area contributed by atoms with Crippen LogP contribution in [-0.4, -0.2) is 29.1 Å². The number of benzene rings is 2. The minimum atomic E-state index is -0.511. The Morgan fingerprint density at radius 2 is 1.93 bits per heavy atom. The molecule has 1 aliphatic heterocycles. The highest BCUT2D eigenvalue weighted by atomic mass is 35.5. The molecule has 0 bridgehead atoms. The van der Waals surface area contributed by atoms with E-state index in [1.165, 1.54) is 18.2 Å². The van der Waals surface area contributed by atoms with E-state index in [0.29, 0.717) is 43.5 Å². The molecule has 8 heteroatoms. The van der Waals surface area contributed by atoms with Crippen LogP contribution in [0.1, 0.15) is 12.8 Å². The number of carbonyl (C=O) groups is 1. The van der Waals surface area contributed by atoms with Crippen molar-refractivity contribution in [1.82, 2.24) is 10.1 Å². The van der Waals surface area contributed by atoms with Gasteiger partial charge in [-0.25, -0.2) is 4.39 Å². The molecule has 6 nitrogen and oxygen atoms in total. The fraction of sp³-hybridized carbons (Fsp3) is 0.250. The average molecular weight is 401 g/mol. The summed E-state index contributed by atoms with van der Waals surface area (Å²) >= 11 is 5.76. The summed E-state index contributed by atoms with van der Waals surface area (Å²) in [6.07, 6.45) is 1.33. The maximum absolute atomic E-state index is 13.2. The number of carbonyl (C=O) groups excluding carboxylic acids is 1. The molecule has 1 amide bonds. The summed E-state index contributed by atoms with van der Waals surface area (Å²) < 4.78 is 18.6. The first kappa shape index (κ1) is 18.4. The van der Waals surface area contributed by atoms with Gasteiger partial charge in [0.1, 0.15) is 5.82 Å². The molecule has 0 unspecified atom stereocenters. The zero-order chi connectivity index (χ0) is 19.5. The van der Waals surface area contributed by atoms with E-state index in [9.17, 15) is 9.18 Å². The molecule has 3 aromatic rings. The molecule has 4 rings (SSSR count). The van der Waals surface area contributed by atoms with Crippen molar-refractivity contribution in [3.63, 3.8) is 0 Å². The van der Waals surface area contributed by atoms with Crippen molar-refractivity contribution in [3.05, 3.63) is 59.4 Å². The molecule has 0 saturated carbocycles. The maximum Gasteiger partial charge on any atom is 0.266 e. The number of amides is 1. The van der Waals surface area contributed by atoms with Crippen LogP contribution in [0.4, 0.5) is 16.0 Å². The monoisotopic (exact) mass is 400 g/mol. The van der Waals surface area contributed by atoms with Crippen molar-refractivity contribution in [2.45, 2.75) is 12.8 Å². The molecule has 28 heavy (non-hydrogen) atoms. The topological polar surface area (TPSA) is 71.3 Å². The number of nitrogens with one attached hydrogen (secondary N) is 1. The molecule has 1 saturated heterocycles. The van der Waals surface area contributed by atoms with Crippen LogP contribution in [0.5, 0.6) is 0 Å². The molecule has 0 aliphatic carbocycles. The fourth-order valence-corrected chi connectivity index (χ4v) is 3.38. The van der Waals surface area contributed by atoms with Gasteiger partial charge in [0.05, 0.1) is 5.02 Å². The first-order chi connectivity index (χ1) is 13.6. The standard InChI is InChI=1S/C20H18ClFN4O2/c21-16-12-15(6-7-17(16)22)23-18(27)13-8-10-26(11-9-13)20-24-19(28-25-20)14-4-2-1-3-5-14/h1-7,12-13H,8-11H2,(H,23,27). The predicted octanol–water partition coefficient (Wildman–Crippen LogP) is 4.38. The Morgan fingerprint density at radius 3 is 2.64 bits per heavy atom. The Kier molecular flexibility index (Phi) is 5.25. The summed E-state index contributed by atoms with van der Waals surface area (Å²) in [6, 6.07) is 13.7. The Balaban J connectivity index is 1.35. The number of hydrogen-bond donors (Lipinski definition) is 1. The third kappa shape index (κ3) is 3.99. The van der Waals surface area contributed by atoms with E-state index in [4.69, 9.17) is 16.1 Å². The zero-order valence-corrected chi connectivity index (χ0v) is 15.7. The van der Waals surface area contributed by atoms with Gasteiger partial charge in [0.15, 0.2) is 0 Å². The lowest BCUT2D eigenvalue weighted by Crippen LogP contribution is -2.38. The van der Waals surface area contributed by atoms with Gasteiger partial charge in [0.2, 0.25) is 5.91 Å². The predicted molar refractivity (Wildman–Crippen MR) is 105 cm³/mol. The zero-order valence-electron chi connectivity index (χ0n) is 14.9. The van der Waals surface area contributed by atoms with Crippen LogP contribution in [0.15, 0.2) is 53.1 Å². The second-order valence-electron chi connectivity index (χ2n) is 6.65. The van der Waals surface area contributed by atoms with Crippen LogP contribution in [0, 0.1) is 11.7 Å². The van der Waals surface area contributed by atoms with Crippen molar-refractivity contribution in [3.8, 4) is 11.5 Å². The van der Waals surface area contributed by atoms with Gasteiger partial charge in [-0.05, 0) is 48.3 Å². The summed E-state index contributed by atoms with van der Waals surface area (Å²) in [5.41, 5.74) is 1.36. The van der Waals surface area contributed by atoms with Gasteiger partial charge >= 0.3 is 0 Å². The number of rotatable bonds is 4. The number of nitrogens with zero attached hydrogens (tertiary/aromatic N) is 3. The lowest BCUT2D eigenvalue weighted by atomic mass is 9.96. The van der Waals surface area contributed by atoms with E-state index in [0.717, 1.165) is 5.56 Å². The minimum absolute atomic E-state index is 0.0149. The number of piperidine rings is 1. The highest BCUT2D eigenvalue weighted by Crippen LogP contribution is 2.26. The summed E-state index contributed by atoms with van der Waals surface area (Å²) in [7, 11) is 0. The van der Waals surface area contributed by atoms with Crippen LogP contribution in [0.2, 0.25) is 5.02 Å². The average Bonchev–Trinajstić information content (AvgIpc) is 3.22. The van der Waals surface area contributed by atoms with Crippen LogP contribution >= 0.6 is 11.6 Å². The normalized spacial score (nSPS) is 14.9. The molecule has 1 aromatic heterocycles. The van der Waals surface area contributed by atoms with Crippen molar-refractivity contribution >= 4 is 29.1 Å². The summed E-state index contributed by atoms with van der Waals surface area (Å²) in [6.45, 7) is 1.30. The Hall–Kier alpha value is -2.93. The van der Waals surface area contributed by atoms with E-state index in [1.54, 1.807) is 0 Å². The maximum atomic E-state index is 13.2. The molecular weight excluding hydrogens is 383 g/mol. The first-order valence-corrected chi connectivity index (χ1v) is 9.38. The van der Waals surface area contributed by atoms with Gasteiger partial charge in [-0.3, -0.25) is 4.79 Å². The van der Waals surface area contributed by atoms with Gasteiger partial charge in [0.25, 0.3) is 11.8 Å². The molecule has 144 valence electrons. The molecule has 1 aliphatic rings. The van der Waals surface area contributed by atoms with E-state index < -0.39 is 5.82 Å². The lowest BCUT2D eigenvalue weighted by Gasteiger charge is -2.30. The third-order valence-corrected chi connectivity index (χ3v) is 5.06. The van der Waals surface area contributed by atoms with Crippen molar-refractivity contribution < 1.29 is 13.7 Å². The SMILES string of the molecule is O=C(Nc1ccc(F)c(Cl)c1)C1CCN(c2noc(-c3ccccc3)n2)CC1. The summed E-state index contributed by atoms with van der Waals surface area (Å²) in [4.78, 5) is 18.9. The quantitative estimate of drug-likeness (QED) is 0.703. The number of halogens is 2. The molecule has 2 heterocycles. The summed E-state index contributed by atoms with van der Waals surface area (Å²) in [5.74, 6) is 0.260. The van der Waals surface area contributed by atoms with Gasteiger partial charge < -0.3 is 14.7 Å². The van der Waals surface area contributed by atoms with E-state index in [1.807, 2.05) is 35.2 Å². The van der Waals surface area contributed by atoms with Crippen LogP contribution in [0.25, 0.3) is 11.5 Å². The molecule has 2 aromatic carbocycles. The Labute approximate surface area is 166 Å². The number of aromatic nitrogens is 2. The minimum Gasteiger partial charge on any atom is -0.338 e. The molecule has 0 atom stereocenters. The molecule has 1 N–H and O–H groups in total. The Bertz CT molecular complexity index is 971. The first-order valence-electron chi connectivity index (χ1n) is 9.00. The largest absolute Gasteiger partial charge is 0.338 e.